The van der Waals surface area contributed by atoms with E-state index in [-0.39, 0.29) is 29.2 Å². The third kappa shape index (κ3) is 3.83. The van der Waals surface area contributed by atoms with Crippen LogP contribution in [0.2, 0.25) is 5.02 Å². The molecule has 0 saturated heterocycles. The van der Waals surface area contributed by atoms with Crippen LogP contribution in [0.4, 0.5) is 10.1 Å². The first-order valence-corrected chi connectivity index (χ1v) is 9.14. The van der Waals surface area contributed by atoms with Crippen molar-refractivity contribution in [2.75, 3.05) is 6.61 Å². The molecular weight excluding hydrogens is 385 g/mol. The molecule has 0 fully saturated rings. The number of carbonyl (C=O) groups excluding carboxylic acids is 1. The van der Waals surface area contributed by atoms with Crippen molar-refractivity contribution in [1.82, 2.24) is 8.94 Å². The predicted octanol–water partition coefficient (Wildman–Crippen LogP) is 3.08. The molecule has 2 heterocycles. The summed E-state index contributed by atoms with van der Waals surface area (Å²) in [6.45, 7) is 5.96. The Balaban J connectivity index is 1.92. The van der Waals surface area contributed by atoms with Crippen LogP contribution in [0, 0.1) is 5.82 Å². The first-order valence-electron chi connectivity index (χ1n) is 7.99. The predicted molar refractivity (Wildman–Crippen MR) is 93.6 cm³/mol. The van der Waals surface area contributed by atoms with Gasteiger partial charge in [0.15, 0.2) is 11.9 Å². The molecule has 1 aromatic carbocycles. The number of halogens is 2. The van der Waals surface area contributed by atoms with Crippen LogP contribution in [0.25, 0.3) is 0 Å². The van der Waals surface area contributed by atoms with Gasteiger partial charge in [0.1, 0.15) is 17.5 Å². The fourth-order valence-electron chi connectivity index (χ4n) is 2.35. The topological polar surface area (TPSA) is 74.9 Å². The Morgan fingerprint density at radius 1 is 1.62 bits per heavy atom. The van der Waals surface area contributed by atoms with Crippen molar-refractivity contribution in [3.8, 4) is 11.8 Å². The highest BCUT2D eigenvalue weighted by Crippen LogP contribution is 2.33. The molecule has 0 saturated carbocycles. The van der Waals surface area contributed by atoms with E-state index in [9.17, 15) is 9.18 Å². The van der Waals surface area contributed by atoms with Crippen molar-refractivity contribution in [3.63, 3.8) is 0 Å². The normalized spacial score (nSPS) is 17.6. The molecule has 26 heavy (non-hydrogen) atoms. The van der Waals surface area contributed by atoms with E-state index in [1.54, 1.807) is 11.5 Å². The third-order valence-electron chi connectivity index (χ3n) is 3.55. The van der Waals surface area contributed by atoms with Crippen LogP contribution >= 0.6 is 23.1 Å². The zero-order valence-electron chi connectivity index (χ0n) is 14.4. The average molecular weight is 402 g/mol. The number of nitrogens with zero attached hydrogens (tertiary/aromatic N) is 3. The molecule has 1 aromatic heterocycles. The Labute approximate surface area is 158 Å². The maximum Gasteiger partial charge on any atom is 0.347 e. The Hall–Kier alpha value is -2.13. The lowest BCUT2D eigenvalue weighted by Crippen LogP contribution is -2.26. The van der Waals surface area contributed by atoms with Crippen LogP contribution in [0.1, 0.15) is 20.8 Å². The van der Waals surface area contributed by atoms with Crippen molar-refractivity contribution in [2.45, 2.75) is 39.5 Å². The summed E-state index contributed by atoms with van der Waals surface area (Å²) in [6.07, 6.45) is -0.902. The second-order valence-electron chi connectivity index (χ2n) is 5.64. The lowest BCUT2D eigenvalue weighted by molar-refractivity contribution is -0.150. The second-order valence-corrected chi connectivity index (χ2v) is 6.78. The smallest absolute Gasteiger partial charge is 0.347 e. The molecule has 3 rings (SSSR count). The molecular formula is C16H17ClFN3O4S. The van der Waals surface area contributed by atoms with Gasteiger partial charge in [-0.05, 0) is 26.8 Å². The summed E-state index contributed by atoms with van der Waals surface area (Å²) in [7, 11) is 0. The first-order chi connectivity index (χ1) is 12.4. The molecule has 2 atom stereocenters. The summed E-state index contributed by atoms with van der Waals surface area (Å²) >= 11 is 7.13. The van der Waals surface area contributed by atoms with E-state index < -0.39 is 17.9 Å². The minimum Gasteiger partial charge on any atom is -0.477 e. The zero-order chi connectivity index (χ0) is 18.8. The molecule has 2 aromatic rings. The number of rotatable bonds is 5. The summed E-state index contributed by atoms with van der Waals surface area (Å²) in [5, 5.41) is 0.0386. The second kappa shape index (κ2) is 7.63. The van der Waals surface area contributed by atoms with E-state index in [0.29, 0.717) is 17.4 Å². The number of benzene rings is 1. The molecule has 2 unspecified atom stereocenters. The largest absolute Gasteiger partial charge is 0.477 e. The van der Waals surface area contributed by atoms with Crippen LogP contribution in [0.15, 0.2) is 17.1 Å². The fourth-order valence-corrected chi connectivity index (χ4v) is 3.24. The van der Waals surface area contributed by atoms with Gasteiger partial charge in [-0.1, -0.05) is 11.6 Å². The van der Waals surface area contributed by atoms with Crippen molar-refractivity contribution in [1.29, 1.82) is 0 Å². The number of hydrogen-bond acceptors (Lipinski definition) is 7. The summed E-state index contributed by atoms with van der Waals surface area (Å²) in [6, 6.07) is 2.90. The van der Waals surface area contributed by atoms with Gasteiger partial charge in [-0.3, -0.25) is 4.57 Å². The number of fused-ring (bicyclic) bond motifs is 1. The zero-order valence-corrected chi connectivity index (χ0v) is 15.9. The van der Waals surface area contributed by atoms with Gasteiger partial charge in [0.25, 0.3) is 0 Å². The van der Waals surface area contributed by atoms with Crippen LogP contribution in [-0.4, -0.2) is 33.7 Å². The molecule has 7 nitrogen and oxygen atoms in total. The van der Waals surface area contributed by atoms with Crippen LogP contribution < -0.4 is 14.3 Å². The first kappa shape index (κ1) is 18.7. The third-order valence-corrected chi connectivity index (χ3v) is 4.57. The van der Waals surface area contributed by atoms with Crippen LogP contribution in [-0.2, 0) is 16.1 Å². The highest BCUT2D eigenvalue weighted by atomic mass is 35.5. The molecule has 0 amide bonds. The van der Waals surface area contributed by atoms with Gasteiger partial charge in [-0.2, -0.15) is 0 Å². The van der Waals surface area contributed by atoms with Gasteiger partial charge in [0.2, 0.25) is 4.80 Å². The number of aromatic nitrogens is 2. The lowest BCUT2D eigenvalue weighted by Gasteiger charge is -2.15. The van der Waals surface area contributed by atoms with Crippen LogP contribution in [0.5, 0.6) is 11.8 Å². The monoisotopic (exact) mass is 401 g/mol. The Morgan fingerprint density at radius 2 is 2.38 bits per heavy atom. The summed E-state index contributed by atoms with van der Waals surface area (Å²) in [5.41, 5.74) is 0.0268. The number of ether oxygens (including phenoxy) is 3. The maximum absolute atomic E-state index is 14.3. The van der Waals surface area contributed by atoms with E-state index >= 15 is 0 Å². The fraction of sp³-hybridized carbons (Fsp3) is 0.438. The molecule has 0 bridgehead atoms. The SMILES string of the molecule is CCOC(=O)C(C)Oc1cc(N=c2snc3n2CC(C)O3)c(F)cc1Cl. The standard InChI is InChI=1S/C16H17ClFN3O4S/c1-4-23-14(22)9(3)25-13-6-12(11(18)5-10(13)17)19-16-21-7-8(2)24-15(21)20-26-16/h5-6,8-9H,4,7H2,1-3H3. The molecule has 0 N–H and O–H groups in total. The Morgan fingerprint density at radius 3 is 3.12 bits per heavy atom. The maximum atomic E-state index is 14.3. The van der Waals surface area contributed by atoms with Gasteiger partial charge in [0.05, 0.1) is 18.2 Å². The molecule has 0 spiro atoms. The molecule has 1 aliphatic rings. The quantitative estimate of drug-likeness (QED) is 0.720. The van der Waals surface area contributed by atoms with E-state index in [2.05, 4.69) is 9.37 Å². The minimum absolute atomic E-state index is 0.0146. The number of hydrogen-bond donors (Lipinski definition) is 0. The summed E-state index contributed by atoms with van der Waals surface area (Å²) in [5.74, 6) is -1.00. The number of esters is 1. The van der Waals surface area contributed by atoms with Crippen molar-refractivity contribution >= 4 is 34.8 Å². The minimum atomic E-state index is -0.887. The van der Waals surface area contributed by atoms with Crippen molar-refractivity contribution < 1.29 is 23.4 Å². The Bertz CT molecular complexity index is 898. The van der Waals surface area contributed by atoms with Gasteiger partial charge in [-0.15, -0.1) is 4.37 Å². The van der Waals surface area contributed by atoms with Crippen molar-refractivity contribution in [2.24, 2.45) is 4.99 Å². The van der Waals surface area contributed by atoms with Gasteiger partial charge in [-0.25, -0.2) is 14.2 Å². The molecule has 10 heteroatoms. The van der Waals surface area contributed by atoms with Crippen molar-refractivity contribution in [3.05, 3.63) is 27.8 Å². The molecule has 140 valence electrons. The molecule has 1 aliphatic heterocycles. The number of carbonyl (C=O) groups is 1. The van der Waals surface area contributed by atoms with Gasteiger partial charge >= 0.3 is 12.0 Å². The van der Waals surface area contributed by atoms with E-state index in [1.807, 2.05) is 6.92 Å². The Kier molecular flexibility index (Phi) is 5.47. The van der Waals surface area contributed by atoms with Crippen LogP contribution in [0.3, 0.4) is 0 Å². The average Bonchev–Trinajstić information content (AvgIpc) is 3.12. The lowest BCUT2D eigenvalue weighted by atomic mass is 10.3. The highest BCUT2D eigenvalue weighted by Gasteiger charge is 2.23. The van der Waals surface area contributed by atoms with E-state index in [4.69, 9.17) is 25.8 Å². The van der Waals surface area contributed by atoms with Gasteiger partial charge in [0, 0.05) is 17.6 Å². The molecule has 0 radical (unpaired) electrons. The summed E-state index contributed by atoms with van der Waals surface area (Å²) < 4.78 is 36.1. The molecule has 0 aliphatic carbocycles. The van der Waals surface area contributed by atoms with Gasteiger partial charge < -0.3 is 14.2 Å². The van der Waals surface area contributed by atoms with E-state index in [0.717, 1.165) is 17.6 Å². The van der Waals surface area contributed by atoms with E-state index in [1.165, 1.54) is 13.0 Å². The highest BCUT2D eigenvalue weighted by molar-refractivity contribution is 7.02. The summed E-state index contributed by atoms with van der Waals surface area (Å²) in [4.78, 5) is 16.5.